The average molecular weight is 538 g/mol. The summed E-state index contributed by atoms with van der Waals surface area (Å²) in [5.41, 5.74) is 3.75. The second kappa shape index (κ2) is 11.2. The van der Waals surface area contributed by atoms with Gasteiger partial charge in [-0.05, 0) is 31.5 Å². The molecule has 0 radical (unpaired) electrons. The number of hydrogen-bond donors (Lipinski definition) is 2. The number of nitrogens with zero attached hydrogens (tertiary/aromatic N) is 4. The zero-order valence-electron chi connectivity index (χ0n) is 17.2. The number of amides is 1. The third-order valence-electron chi connectivity index (χ3n) is 4.15. The van der Waals surface area contributed by atoms with Gasteiger partial charge in [-0.3, -0.25) is 9.79 Å². The van der Waals surface area contributed by atoms with Gasteiger partial charge in [0.25, 0.3) is 0 Å². The van der Waals surface area contributed by atoms with Crippen molar-refractivity contribution in [2.75, 3.05) is 27.2 Å². The Kier molecular flexibility index (Phi) is 9.59. The van der Waals surface area contributed by atoms with Gasteiger partial charge in [-0.1, -0.05) is 18.2 Å². The predicted octanol–water partition coefficient (Wildman–Crippen LogP) is 2.79. The fraction of sp³-hybridized carbons (Fsp3) is 0.421. The number of halogens is 4. The molecule has 30 heavy (non-hydrogen) atoms. The number of aryl methyl sites for hydroxylation is 2. The highest BCUT2D eigenvalue weighted by molar-refractivity contribution is 14.0. The highest BCUT2D eigenvalue weighted by atomic mass is 127. The van der Waals surface area contributed by atoms with E-state index in [9.17, 15) is 18.0 Å². The van der Waals surface area contributed by atoms with Crippen LogP contribution in [0.1, 0.15) is 17.0 Å². The number of aliphatic imine (C=N–C) groups is 1. The third-order valence-corrected chi connectivity index (χ3v) is 4.15. The molecule has 1 aromatic heterocycles. The molecule has 1 aromatic carbocycles. The summed E-state index contributed by atoms with van der Waals surface area (Å²) in [5, 5.41) is 10.3. The van der Waals surface area contributed by atoms with Crippen molar-refractivity contribution in [1.29, 1.82) is 0 Å². The first-order chi connectivity index (χ1) is 13.6. The molecule has 166 valence electrons. The molecular formula is C19H26F3IN6O. The minimum Gasteiger partial charge on any atom is -0.352 e. The molecule has 0 saturated carbocycles. The number of carbonyl (C=O) groups is 1. The third kappa shape index (κ3) is 7.50. The van der Waals surface area contributed by atoms with Crippen molar-refractivity contribution >= 4 is 35.8 Å². The Morgan fingerprint density at radius 3 is 2.47 bits per heavy atom. The van der Waals surface area contributed by atoms with Gasteiger partial charge in [-0.2, -0.15) is 18.3 Å². The summed E-state index contributed by atoms with van der Waals surface area (Å²) in [6.45, 7) is 2.68. The molecule has 0 aliphatic heterocycles. The van der Waals surface area contributed by atoms with Gasteiger partial charge in [0.05, 0.1) is 17.9 Å². The summed E-state index contributed by atoms with van der Waals surface area (Å²) in [4.78, 5) is 16.5. The van der Waals surface area contributed by atoms with Crippen molar-refractivity contribution in [2.45, 2.75) is 26.6 Å². The minimum absolute atomic E-state index is 0. The van der Waals surface area contributed by atoms with Gasteiger partial charge in [-0.25, -0.2) is 4.68 Å². The molecule has 11 heteroatoms. The van der Waals surface area contributed by atoms with Crippen molar-refractivity contribution in [1.82, 2.24) is 25.3 Å². The first-order valence-corrected chi connectivity index (χ1v) is 8.97. The lowest BCUT2D eigenvalue weighted by Crippen LogP contribution is -2.45. The Morgan fingerprint density at radius 1 is 1.23 bits per heavy atom. The van der Waals surface area contributed by atoms with Crippen LogP contribution in [0.25, 0.3) is 5.69 Å². The molecule has 1 heterocycles. The number of nitrogens with one attached hydrogen (secondary N) is 2. The maximum absolute atomic E-state index is 12.4. The first-order valence-electron chi connectivity index (χ1n) is 8.97. The van der Waals surface area contributed by atoms with Crippen LogP contribution in [0.2, 0.25) is 0 Å². The van der Waals surface area contributed by atoms with Crippen molar-refractivity contribution in [2.24, 2.45) is 4.99 Å². The Labute approximate surface area is 190 Å². The van der Waals surface area contributed by atoms with Crippen molar-refractivity contribution in [3.8, 4) is 5.69 Å². The summed E-state index contributed by atoms with van der Waals surface area (Å²) < 4.78 is 39.0. The van der Waals surface area contributed by atoms with E-state index >= 15 is 0 Å². The maximum atomic E-state index is 12.4. The molecule has 0 aliphatic rings. The number of aromatic nitrogens is 2. The van der Waals surface area contributed by atoms with Crippen LogP contribution < -0.4 is 10.6 Å². The normalized spacial score (nSPS) is 11.6. The lowest BCUT2D eigenvalue weighted by atomic mass is 10.1. The summed E-state index contributed by atoms with van der Waals surface area (Å²) in [6, 6.07) is 9.68. The van der Waals surface area contributed by atoms with E-state index in [1.54, 1.807) is 0 Å². The molecule has 0 spiro atoms. The number of rotatable bonds is 6. The highest BCUT2D eigenvalue weighted by Gasteiger charge is 2.31. The SMILES string of the molecule is CN=C(NCC(=O)N(C)CC(F)(F)F)NCc1ccccc1-n1nc(C)cc1C.I. The minimum atomic E-state index is -4.43. The quantitative estimate of drug-likeness (QED) is 0.337. The van der Waals surface area contributed by atoms with E-state index in [1.807, 2.05) is 48.9 Å². The van der Waals surface area contributed by atoms with Gasteiger partial charge in [0.1, 0.15) is 6.54 Å². The summed E-state index contributed by atoms with van der Waals surface area (Å²) in [5.74, 6) is -0.379. The Morgan fingerprint density at radius 2 is 1.90 bits per heavy atom. The van der Waals surface area contributed by atoms with E-state index < -0.39 is 18.6 Å². The van der Waals surface area contributed by atoms with Crippen LogP contribution in [-0.4, -0.2) is 59.9 Å². The van der Waals surface area contributed by atoms with Crippen molar-refractivity contribution < 1.29 is 18.0 Å². The van der Waals surface area contributed by atoms with Crippen molar-refractivity contribution in [3.63, 3.8) is 0 Å². The Bertz CT molecular complexity index is 881. The van der Waals surface area contributed by atoms with Gasteiger partial charge >= 0.3 is 6.18 Å². The summed E-state index contributed by atoms with van der Waals surface area (Å²) in [6.07, 6.45) is -4.43. The number of benzene rings is 1. The van der Waals surface area contributed by atoms with Crippen LogP contribution in [0.5, 0.6) is 0 Å². The zero-order chi connectivity index (χ0) is 21.6. The van der Waals surface area contributed by atoms with Crippen LogP contribution in [0.3, 0.4) is 0 Å². The number of alkyl halides is 3. The van der Waals surface area contributed by atoms with Gasteiger partial charge in [0.2, 0.25) is 5.91 Å². The second-order valence-electron chi connectivity index (χ2n) is 6.61. The summed E-state index contributed by atoms with van der Waals surface area (Å²) in [7, 11) is 2.63. The Balaban J connectivity index is 0.00000450. The van der Waals surface area contributed by atoms with Gasteiger partial charge < -0.3 is 15.5 Å². The number of para-hydroxylation sites is 1. The standard InChI is InChI=1S/C19H25F3N6O.HI/c1-13-9-14(2)28(26-13)16-8-6-5-7-15(16)10-24-18(23-3)25-11-17(29)27(4)12-19(20,21)22;/h5-9H,10-12H2,1-4H3,(H2,23,24,25);1H. The molecule has 0 aliphatic carbocycles. The first kappa shape index (κ1) is 25.7. The number of carbonyl (C=O) groups excluding carboxylic acids is 1. The monoisotopic (exact) mass is 538 g/mol. The smallest absolute Gasteiger partial charge is 0.352 e. The topological polar surface area (TPSA) is 74.6 Å². The molecule has 0 atom stereocenters. The maximum Gasteiger partial charge on any atom is 0.406 e. The highest BCUT2D eigenvalue weighted by Crippen LogP contribution is 2.17. The van der Waals surface area contributed by atoms with Crippen molar-refractivity contribution in [3.05, 3.63) is 47.3 Å². The molecule has 0 bridgehead atoms. The van der Waals surface area contributed by atoms with E-state index in [4.69, 9.17) is 0 Å². The average Bonchev–Trinajstić information content (AvgIpc) is 2.98. The molecule has 0 fully saturated rings. The van der Waals surface area contributed by atoms with Gasteiger partial charge in [0, 0.05) is 26.3 Å². The molecule has 7 nitrogen and oxygen atoms in total. The molecule has 2 rings (SSSR count). The second-order valence-corrected chi connectivity index (χ2v) is 6.61. The number of guanidine groups is 1. The molecule has 2 N–H and O–H groups in total. The fourth-order valence-corrected chi connectivity index (χ4v) is 2.79. The largest absolute Gasteiger partial charge is 0.406 e. The van der Waals surface area contributed by atoms with E-state index in [2.05, 4.69) is 20.7 Å². The lowest BCUT2D eigenvalue weighted by Gasteiger charge is -2.20. The predicted molar refractivity (Wildman–Crippen MR) is 120 cm³/mol. The van der Waals surface area contributed by atoms with E-state index in [0.29, 0.717) is 17.4 Å². The molecule has 0 saturated heterocycles. The molecule has 0 unspecified atom stereocenters. The lowest BCUT2D eigenvalue weighted by molar-refractivity contribution is -0.157. The molecular weight excluding hydrogens is 512 g/mol. The van der Waals surface area contributed by atoms with Crippen LogP contribution in [0, 0.1) is 13.8 Å². The van der Waals surface area contributed by atoms with E-state index in [-0.39, 0.29) is 30.5 Å². The number of hydrogen-bond acceptors (Lipinski definition) is 3. The number of likely N-dealkylation sites (N-methyl/N-ethyl adjacent to an activating group) is 1. The fourth-order valence-electron chi connectivity index (χ4n) is 2.79. The van der Waals surface area contributed by atoms with E-state index in [0.717, 1.165) is 29.7 Å². The zero-order valence-corrected chi connectivity index (χ0v) is 19.6. The molecule has 1 amide bonds. The van der Waals surface area contributed by atoms with Crippen LogP contribution in [0.15, 0.2) is 35.3 Å². The summed E-state index contributed by atoms with van der Waals surface area (Å²) >= 11 is 0. The van der Waals surface area contributed by atoms with Crippen LogP contribution >= 0.6 is 24.0 Å². The van der Waals surface area contributed by atoms with Gasteiger partial charge in [-0.15, -0.1) is 24.0 Å². The molecule has 2 aromatic rings. The van der Waals surface area contributed by atoms with E-state index in [1.165, 1.54) is 7.05 Å². The van der Waals surface area contributed by atoms with Gasteiger partial charge in [0.15, 0.2) is 5.96 Å². The Hall–Kier alpha value is -2.31. The van der Waals surface area contributed by atoms with Crippen LogP contribution in [0.4, 0.5) is 13.2 Å². The van der Waals surface area contributed by atoms with Crippen LogP contribution in [-0.2, 0) is 11.3 Å².